The van der Waals surface area contributed by atoms with Gasteiger partial charge in [-0.3, -0.25) is 9.10 Å². The number of esters is 1. The molecule has 10 heteroatoms. The second-order valence-electron chi connectivity index (χ2n) is 10.6. The number of rotatable bonds is 11. The highest BCUT2D eigenvalue weighted by molar-refractivity contribution is 7.92. The molecule has 0 aliphatic carbocycles. The predicted molar refractivity (Wildman–Crippen MR) is 175 cm³/mol. The molecule has 0 aromatic heterocycles. The van der Waals surface area contributed by atoms with E-state index in [0.29, 0.717) is 58.1 Å². The summed E-state index contributed by atoms with van der Waals surface area (Å²) in [4.78, 5) is 27.3. The van der Waals surface area contributed by atoms with Crippen LogP contribution in [-0.2, 0) is 25.3 Å². The highest BCUT2D eigenvalue weighted by atomic mass is 32.2. The van der Waals surface area contributed by atoms with Gasteiger partial charge in [0.15, 0.2) is 0 Å². The van der Waals surface area contributed by atoms with Crippen LogP contribution in [0.25, 0.3) is 11.3 Å². The van der Waals surface area contributed by atoms with Crippen molar-refractivity contribution in [1.29, 1.82) is 0 Å². The molecular weight excluding hydrogens is 576 g/mol. The van der Waals surface area contributed by atoms with Gasteiger partial charge in [0, 0.05) is 24.3 Å². The van der Waals surface area contributed by atoms with E-state index < -0.39 is 16.0 Å². The molecule has 1 amide bonds. The Morgan fingerprint density at radius 3 is 2.14 bits per heavy atom. The lowest BCUT2D eigenvalue weighted by atomic mass is 9.99. The zero-order chi connectivity index (χ0) is 31.3. The number of anilines is 3. The highest BCUT2D eigenvalue weighted by Gasteiger charge is 2.30. The van der Waals surface area contributed by atoms with Gasteiger partial charge >= 0.3 is 5.97 Å². The summed E-state index contributed by atoms with van der Waals surface area (Å²) in [6.45, 7) is 0.837. The maximum absolute atomic E-state index is 13.6. The summed E-state index contributed by atoms with van der Waals surface area (Å²) >= 11 is 0. The summed E-state index contributed by atoms with van der Waals surface area (Å²) < 4.78 is 33.4. The maximum Gasteiger partial charge on any atom is 0.337 e. The van der Waals surface area contributed by atoms with Gasteiger partial charge in [0.05, 0.1) is 41.1 Å². The van der Waals surface area contributed by atoms with E-state index in [-0.39, 0.29) is 11.7 Å². The molecular formula is C34H34N4O5S. The van der Waals surface area contributed by atoms with Crippen LogP contribution < -0.4 is 14.9 Å². The largest absolute Gasteiger partial charge is 0.465 e. The van der Waals surface area contributed by atoms with E-state index in [1.807, 2.05) is 67.5 Å². The number of benzene rings is 4. The van der Waals surface area contributed by atoms with E-state index in [4.69, 9.17) is 4.74 Å². The standard InChI is InChI=1S/C34H34N4O5S/c1-37(2)20-21-38(44(41,42)23-24-10-6-4-7-11-24)28-17-15-27(16-18-28)35-32(25-12-8-5-9-13-25)31-29-19-14-26(34(40)43-3)22-30(29)36-33(31)39/h4-19,22,35H,20-21,23H2,1-3H3,(H,36,39)/b32-31-. The third-order valence-electron chi connectivity index (χ3n) is 7.20. The average Bonchev–Trinajstić information content (AvgIpc) is 3.35. The first-order chi connectivity index (χ1) is 21.2. The number of fused-ring (bicyclic) bond motifs is 1. The monoisotopic (exact) mass is 610 g/mol. The zero-order valence-corrected chi connectivity index (χ0v) is 25.6. The van der Waals surface area contributed by atoms with Crippen molar-refractivity contribution in [1.82, 2.24) is 4.90 Å². The molecule has 226 valence electrons. The lowest BCUT2D eigenvalue weighted by Crippen LogP contribution is -2.37. The molecule has 0 fully saturated rings. The second-order valence-corrected chi connectivity index (χ2v) is 12.5. The quantitative estimate of drug-likeness (QED) is 0.175. The molecule has 44 heavy (non-hydrogen) atoms. The van der Waals surface area contributed by atoms with E-state index in [9.17, 15) is 18.0 Å². The summed E-state index contributed by atoms with van der Waals surface area (Å²) in [5, 5.41) is 6.27. The highest BCUT2D eigenvalue weighted by Crippen LogP contribution is 2.38. The molecule has 1 aliphatic rings. The van der Waals surface area contributed by atoms with Gasteiger partial charge in [-0.15, -0.1) is 0 Å². The van der Waals surface area contributed by atoms with Crippen LogP contribution in [0.5, 0.6) is 0 Å². The Morgan fingerprint density at radius 2 is 1.50 bits per heavy atom. The van der Waals surface area contributed by atoms with Gasteiger partial charge in [-0.25, -0.2) is 13.2 Å². The molecule has 0 bridgehead atoms. The fraction of sp³-hybridized carbons (Fsp3) is 0.176. The molecule has 0 spiro atoms. The molecule has 4 aromatic carbocycles. The number of carbonyl (C=O) groups excluding carboxylic acids is 2. The molecule has 0 saturated carbocycles. The number of likely N-dealkylation sites (N-methyl/N-ethyl adjacent to an activating group) is 1. The predicted octanol–water partition coefficient (Wildman–Crippen LogP) is 5.30. The third-order valence-corrected chi connectivity index (χ3v) is 8.96. The fourth-order valence-corrected chi connectivity index (χ4v) is 6.56. The Morgan fingerprint density at radius 1 is 0.841 bits per heavy atom. The number of sulfonamides is 1. The first-order valence-electron chi connectivity index (χ1n) is 14.1. The van der Waals surface area contributed by atoms with Gasteiger partial charge in [0.1, 0.15) is 0 Å². The van der Waals surface area contributed by atoms with Gasteiger partial charge in [0.25, 0.3) is 5.91 Å². The Labute approximate surface area is 257 Å². The van der Waals surface area contributed by atoms with E-state index in [1.54, 1.807) is 54.6 Å². The van der Waals surface area contributed by atoms with Crippen molar-refractivity contribution in [3.8, 4) is 0 Å². The Bertz CT molecular complexity index is 1790. The molecule has 0 unspecified atom stereocenters. The lowest BCUT2D eigenvalue weighted by Gasteiger charge is -2.26. The maximum atomic E-state index is 13.6. The molecule has 0 atom stereocenters. The Hall–Kier alpha value is -4.93. The van der Waals surface area contributed by atoms with Crippen LogP contribution in [0.15, 0.2) is 103 Å². The molecule has 1 aliphatic heterocycles. The van der Waals surface area contributed by atoms with Crippen LogP contribution in [0, 0.1) is 0 Å². The van der Waals surface area contributed by atoms with Gasteiger partial charge in [-0.2, -0.15) is 0 Å². The van der Waals surface area contributed by atoms with E-state index in [2.05, 4.69) is 10.6 Å². The molecule has 4 aromatic rings. The number of ether oxygens (including phenoxy) is 1. The zero-order valence-electron chi connectivity index (χ0n) is 24.8. The summed E-state index contributed by atoms with van der Waals surface area (Å²) in [6.07, 6.45) is 0. The number of carbonyl (C=O) groups is 2. The topological polar surface area (TPSA) is 108 Å². The van der Waals surface area contributed by atoms with Crippen molar-refractivity contribution in [2.45, 2.75) is 5.75 Å². The second kappa shape index (κ2) is 13.2. The van der Waals surface area contributed by atoms with Crippen molar-refractivity contribution < 1.29 is 22.7 Å². The minimum absolute atomic E-state index is 0.113. The van der Waals surface area contributed by atoms with E-state index in [0.717, 1.165) is 5.56 Å². The van der Waals surface area contributed by atoms with Gasteiger partial charge < -0.3 is 20.3 Å². The van der Waals surface area contributed by atoms with Crippen LogP contribution in [0.4, 0.5) is 17.1 Å². The number of hydrogen-bond donors (Lipinski definition) is 2. The average molecular weight is 611 g/mol. The number of hydrogen-bond acceptors (Lipinski definition) is 7. The van der Waals surface area contributed by atoms with Crippen molar-refractivity contribution in [2.24, 2.45) is 0 Å². The third kappa shape index (κ3) is 6.82. The number of amides is 1. The summed E-state index contributed by atoms with van der Waals surface area (Å²) in [5.74, 6) is -0.921. The van der Waals surface area contributed by atoms with Crippen molar-refractivity contribution in [3.63, 3.8) is 0 Å². The van der Waals surface area contributed by atoms with Gasteiger partial charge in [-0.05, 0) is 61.6 Å². The minimum atomic E-state index is -3.68. The number of methoxy groups -OCH3 is 1. The van der Waals surface area contributed by atoms with Crippen LogP contribution in [0.3, 0.4) is 0 Å². The van der Waals surface area contributed by atoms with E-state index in [1.165, 1.54) is 11.4 Å². The summed E-state index contributed by atoms with van der Waals surface area (Å²) in [5.41, 5.74) is 5.19. The molecule has 2 N–H and O–H groups in total. The molecule has 1 heterocycles. The van der Waals surface area contributed by atoms with Crippen molar-refractivity contribution in [2.75, 3.05) is 49.2 Å². The van der Waals surface area contributed by atoms with Crippen molar-refractivity contribution in [3.05, 3.63) is 125 Å². The molecule has 0 saturated heterocycles. The Kier molecular flexibility index (Phi) is 9.12. The number of nitrogens with zero attached hydrogens (tertiary/aromatic N) is 2. The Balaban J connectivity index is 1.50. The van der Waals surface area contributed by atoms with Crippen LogP contribution in [0.1, 0.15) is 27.0 Å². The lowest BCUT2D eigenvalue weighted by molar-refractivity contribution is -0.110. The van der Waals surface area contributed by atoms with Gasteiger partial charge in [0.2, 0.25) is 10.0 Å². The van der Waals surface area contributed by atoms with Gasteiger partial charge in [-0.1, -0.05) is 66.7 Å². The molecule has 9 nitrogen and oxygen atoms in total. The number of nitrogens with one attached hydrogen (secondary N) is 2. The van der Waals surface area contributed by atoms with Crippen LogP contribution in [0.2, 0.25) is 0 Å². The first kappa shape index (κ1) is 30.5. The van der Waals surface area contributed by atoms with Crippen molar-refractivity contribution >= 4 is 50.2 Å². The van der Waals surface area contributed by atoms with E-state index >= 15 is 0 Å². The minimum Gasteiger partial charge on any atom is -0.465 e. The summed E-state index contributed by atoms with van der Waals surface area (Å²) in [6, 6.07) is 30.7. The summed E-state index contributed by atoms with van der Waals surface area (Å²) in [7, 11) is 1.44. The molecule has 5 rings (SSSR count). The fourth-order valence-electron chi connectivity index (χ4n) is 4.99. The smallest absolute Gasteiger partial charge is 0.337 e. The first-order valence-corrected chi connectivity index (χ1v) is 15.7. The SMILES string of the molecule is COC(=O)c1ccc2c(c1)NC(=O)/C2=C(\Nc1ccc(N(CCN(C)C)S(=O)(=O)Cc2ccccc2)cc1)c1ccccc1. The van der Waals surface area contributed by atoms with Crippen LogP contribution in [-0.4, -0.2) is 59.5 Å². The van der Waals surface area contributed by atoms with Crippen LogP contribution >= 0.6 is 0 Å². The molecule has 0 radical (unpaired) electrons. The normalized spacial score (nSPS) is 13.7.